The molecular formula is C10H18N4O. The molecular weight excluding hydrogens is 192 g/mol. The molecule has 0 aromatic carbocycles. The molecule has 5 heteroatoms. The van der Waals surface area contributed by atoms with Gasteiger partial charge in [0.1, 0.15) is 11.6 Å². The highest BCUT2D eigenvalue weighted by atomic mass is 16.5. The summed E-state index contributed by atoms with van der Waals surface area (Å²) in [6.07, 6.45) is 0. The monoisotopic (exact) mass is 210 g/mol. The summed E-state index contributed by atoms with van der Waals surface area (Å²) >= 11 is 0. The lowest BCUT2D eigenvalue weighted by Crippen LogP contribution is -2.27. The van der Waals surface area contributed by atoms with Gasteiger partial charge in [0.05, 0.1) is 12.7 Å². The van der Waals surface area contributed by atoms with Crippen molar-refractivity contribution in [1.82, 2.24) is 9.97 Å². The molecule has 0 unspecified atom stereocenters. The third kappa shape index (κ3) is 2.56. The first-order valence-electron chi connectivity index (χ1n) is 4.90. The topological polar surface area (TPSA) is 64.3 Å². The lowest BCUT2D eigenvalue weighted by atomic mass is 10.3. The molecule has 0 saturated heterocycles. The quantitative estimate of drug-likeness (QED) is 0.784. The van der Waals surface area contributed by atoms with Crippen LogP contribution >= 0.6 is 0 Å². The zero-order valence-electron chi connectivity index (χ0n) is 9.74. The molecule has 0 aliphatic heterocycles. The van der Waals surface area contributed by atoms with Gasteiger partial charge in [-0.1, -0.05) is 0 Å². The average molecular weight is 210 g/mol. The van der Waals surface area contributed by atoms with Gasteiger partial charge >= 0.3 is 0 Å². The largest absolute Gasteiger partial charge is 0.481 e. The van der Waals surface area contributed by atoms with Crippen molar-refractivity contribution in [1.29, 1.82) is 0 Å². The second kappa shape index (κ2) is 4.93. The van der Waals surface area contributed by atoms with E-state index in [-0.39, 0.29) is 0 Å². The van der Waals surface area contributed by atoms with E-state index in [1.165, 1.54) is 0 Å². The number of rotatable bonds is 4. The number of nitrogens with zero attached hydrogens (tertiary/aromatic N) is 3. The highest BCUT2D eigenvalue weighted by molar-refractivity contribution is 5.50. The Kier molecular flexibility index (Phi) is 3.85. The molecule has 0 bridgehead atoms. The maximum absolute atomic E-state index is 5.51. The Morgan fingerprint density at radius 3 is 2.53 bits per heavy atom. The maximum Gasteiger partial charge on any atom is 0.221 e. The van der Waals surface area contributed by atoms with Crippen LogP contribution in [-0.4, -0.2) is 37.2 Å². The molecule has 1 aromatic rings. The third-order valence-electron chi connectivity index (χ3n) is 2.21. The van der Waals surface area contributed by atoms with E-state index in [9.17, 15) is 0 Å². The van der Waals surface area contributed by atoms with Gasteiger partial charge in [0, 0.05) is 20.1 Å². The van der Waals surface area contributed by atoms with Crippen LogP contribution in [0.2, 0.25) is 0 Å². The zero-order valence-corrected chi connectivity index (χ0v) is 9.74. The number of likely N-dealkylation sites (N-methyl/N-ethyl adjacent to an activating group) is 1. The molecule has 0 aliphatic carbocycles. The first-order valence-corrected chi connectivity index (χ1v) is 4.90. The minimum atomic E-state index is 0.599. The first kappa shape index (κ1) is 11.7. The highest BCUT2D eigenvalue weighted by Gasteiger charge is 2.12. The van der Waals surface area contributed by atoms with Crippen LogP contribution < -0.4 is 15.4 Å². The van der Waals surface area contributed by atoms with Crippen molar-refractivity contribution >= 4 is 5.82 Å². The third-order valence-corrected chi connectivity index (χ3v) is 2.21. The van der Waals surface area contributed by atoms with Crippen molar-refractivity contribution in [2.75, 3.05) is 32.1 Å². The van der Waals surface area contributed by atoms with Crippen LogP contribution in [0.25, 0.3) is 0 Å². The number of anilines is 1. The van der Waals surface area contributed by atoms with Crippen LogP contribution in [0.3, 0.4) is 0 Å². The van der Waals surface area contributed by atoms with Crippen molar-refractivity contribution in [3.8, 4) is 5.88 Å². The Bertz CT molecular complexity index is 340. The van der Waals surface area contributed by atoms with E-state index in [1.807, 2.05) is 25.8 Å². The van der Waals surface area contributed by atoms with Crippen molar-refractivity contribution in [2.45, 2.75) is 13.8 Å². The summed E-state index contributed by atoms with van der Waals surface area (Å²) in [6, 6.07) is 0. The summed E-state index contributed by atoms with van der Waals surface area (Å²) in [7, 11) is 3.57. The van der Waals surface area contributed by atoms with Gasteiger partial charge in [-0.15, -0.1) is 0 Å². The fourth-order valence-corrected chi connectivity index (χ4v) is 1.46. The Morgan fingerprint density at radius 2 is 2.00 bits per heavy atom. The van der Waals surface area contributed by atoms with Crippen molar-refractivity contribution in [2.24, 2.45) is 5.73 Å². The predicted molar refractivity (Wildman–Crippen MR) is 60.4 cm³/mol. The summed E-state index contributed by atoms with van der Waals surface area (Å²) in [5, 5.41) is 0. The van der Waals surface area contributed by atoms with E-state index < -0.39 is 0 Å². The van der Waals surface area contributed by atoms with Gasteiger partial charge in [0.15, 0.2) is 0 Å². The molecule has 15 heavy (non-hydrogen) atoms. The van der Waals surface area contributed by atoms with Gasteiger partial charge in [-0.25, -0.2) is 4.98 Å². The van der Waals surface area contributed by atoms with E-state index >= 15 is 0 Å². The zero-order chi connectivity index (χ0) is 11.4. The number of aromatic nitrogens is 2. The van der Waals surface area contributed by atoms with E-state index in [0.717, 1.165) is 17.9 Å². The summed E-state index contributed by atoms with van der Waals surface area (Å²) in [5.41, 5.74) is 6.45. The van der Waals surface area contributed by atoms with Crippen LogP contribution in [0, 0.1) is 13.8 Å². The number of ether oxygens (including phenoxy) is 1. The number of nitrogens with two attached hydrogens (primary N) is 1. The maximum atomic E-state index is 5.51. The highest BCUT2D eigenvalue weighted by Crippen LogP contribution is 2.23. The summed E-state index contributed by atoms with van der Waals surface area (Å²) in [4.78, 5) is 10.6. The SMILES string of the molecule is COc1nc(C)nc(N(C)CCN)c1C. The molecule has 0 atom stereocenters. The van der Waals surface area contributed by atoms with Crippen LogP contribution in [0.1, 0.15) is 11.4 Å². The van der Waals surface area contributed by atoms with Gasteiger partial charge in [0.2, 0.25) is 5.88 Å². The molecule has 0 aliphatic rings. The molecule has 0 saturated carbocycles. The molecule has 2 N–H and O–H groups in total. The second-order valence-corrected chi connectivity index (χ2v) is 3.44. The summed E-state index contributed by atoms with van der Waals surface area (Å²) in [6.45, 7) is 5.16. The average Bonchev–Trinajstić information content (AvgIpc) is 2.21. The lowest BCUT2D eigenvalue weighted by Gasteiger charge is -2.20. The van der Waals surface area contributed by atoms with E-state index in [4.69, 9.17) is 10.5 Å². The Labute approximate surface area is 90.3 Å². The van der Waals surface area contributed by atoms with Gasteiger partial charge in [0.25, 0.3) is 0 Å². The van der Waals surface area contributed by atoms with Gasteiger partial charge in [-0.05, 0) is 13.8 Å². The van der Waals surface area contributed by atoms with Crippen molar-refractivity contribution in [3.05, 3.63) is 11.4 Å². The number of hydrogen-bond donors (Lipinski definition) is 1. The number of hydrogen-bond acceptors (Lipinski definition) is 5. The minimum Gasteiger partial charge on any atom is -0.481 e. The van der Waals surface area contributed by atoms with Crippen LogP contribution in [0.15, 0.2) is 0 Å². The second-order valence-electron chi connectivity index (χ2n) is 3.44. The predicted octanol–water partition coefficient (Wildman–Crippen LogP) is 0.497. The van der Waals surface area contributed by atoms with Crippen LogP contribution in [0.5, 0.6) is 5.88 Å². The summed E-state index contributed by atoms with van der Waals surface area (Å²) < 4.78 is 5.19. The molecule has 5 nitrogen and oxygen atoms in total. The first-order chi connectivity index (χ1) is 7.10. The standard InChI is InChI=1S/C10H18N4O/c1-7-9(14(3)6-5-11)12-8(2)13-10(7)15-4/h5-6,11H2,1-4H3. The Morgan fingerprint density at radius 1 is 1.33 bits per heavy atom. The van der Waals surface area contributed by atoms with Crippen molar-refractivity contribution < 1.29 is 4.74 Å². The molecule has 1 rings (SSSR count). The molecule has 1 aromatic heterocycles. The van der Waals surface area contributed by atoms with Gasteiger partial charge in [-0.3, -0.25) is 0 Å². The Hall–Kier alpha value is -1.36. The van der Waals surface area contributed by atoms with Crippen LogP contribution in [0.4, 0.5) is 5.82 Å². The number of methoxy groups -OCH3 is 1. The van der Waals surface area contributed by atoms with Crippen LogP contribution in [-0.2, 0) is 0 Å². The summed E-state index contributed by atoms with van der Waals surface area (Å²) in [5.74, 6) is 2.21. The molecule has 0 amide bonds. The van der Waals surface area contributed by atoms with E-state index in [2.05, 4.69) is 9.97 Å². The van der Waals surface area contributed by atoms with Gasteiger partial charge in [-0.2, -0.15) is 4.98 Å². The minimum absolute atomic E-state index is 0.599. The van der Waals surface area contributed by atoms with Crippen molar-refractivity contribution in [3.63, 3.8) is 0 Å². The number of aryl methyl sites for hydroxylation is 1. The fraction of sp³-hybridized carbons (Fsp3) is 0.600. The smallest absolute Gasteiger partial charge is 0.221 e. The Balaban J connectivity index is 3.11. The molecule has 0 fully saturated rings. The fourth-order valence-electron chi connectivity index (χ4n) is 1.46. The molecule has 84 valence electrons. The van der Waals surface area contributed by atoms with E-state index in [0.29, 0.717) is 18.2 Å². The lowest BCUT2D eigenvalue weighted by molar-refractivity contribution is 0.392. The molecule has 1 heterocycles. The van der Waals surface area contributed by atoms with E-state index in [1.54, 1.807) is 7.11 Å². The molecule has 0 spiro atoms. The molecule has 0 radical (unpaired) electrons. The normalized spacial score (nSPS) is 10.2. The van der Waals surface area contributed by atoms with Gasteiger partial charge < -0.3 is 15.4 Å².